The Hall–Kier alpha value is -2.68. The van der Waals surface area contributed by atoms with E-state index in [1.54, 1.807) is 24.3 Å². The van der Waals surface area contributed by atoms with E-state index in [9.17, 15) is 14.7 Å². The van der Waals surface area contributed by atoms with Crippen LogP contribution in [0, 0.1) is 0 Å². The maximum atomic E-state index is 12.2. The number of fused-ring (bicyclic) bond motifs is 1. The summed E-state index contributed by atoms with van der Waals surface area (Å²) in [6, 6.07) is 6.65. The van der Waals surface area contributed by atoms with Crippen LogP contribution < -0.4 is 9.85 Å². The summed E-state index contributed by atoms with van der Waals surface area (Å²) in [5, 5.41) is 12.2. The van der Waals surface area contributed by atoms with Crippen LogP contribution in [0.3, 0.4) is 0 Å². The fourth-order valence-electron chi connectivity index (χ4n) is 2.95. The predicted molar refractivity (Wildman–Crippen MR) is 76.3 cm³/mol. The highest BCUT2D eigenvalue weighted by Crippen LogP contribution is 2.22. The number of nitrogens with zero attached hydrogens (tertiary/aromatic N) is 4. The van der Waals surface area contributed by atoms with Gasteiger partial charge < -0.3 is 9.94 Å². The van der Waals surface area contributed by atoms with Gasteiger partial charge in [0, 0.05) is 6.54 Å². The van der Waals surface area contributed by atoms with E-state index in [1.807, 2.05) is 5.01 Å². The van der Waals surface area contributed by atoms with Crippen LogP contribution in [0.15, 0.2) is 28.9 Å². The van der Waals surface area contributed by atoms with Crippen molar-refractivity contribution < 1.29 is 24.2 Å². The number of amides is 2. The number of carbonyl (C=O) groups excluding carboxylic acids is 2. The minimum absolute atomic E-state index is 0.0112. The van der Waals surface area contributed by atoms with Crippen molar-refractivity contribution in [2.45, 2.75) is 18.9 Å². The quantitative estimate of drug-likeness (QED) is 0.758. The molecule has 1 aromatic carbocycles. The van der Waals surface area contributed by atoms with Crippen LogP contribution in [-0.2, 0) is 0 Å². The van der Waals surface area contributed by atoms with Gasteiger partial charge in [0.15, 0.2) is 0 Å². The number of imide groups is 1. The van der Waals surface area contributed by atoms with Gasteiger partial charge in [-0.3, -0.25) is 14.6 Å². The zero-order chi connectivity index (χ0) is 16.0. The maximum Gasteiger partial charge on any atom is 0.264 e. The smallest absolute Gasteiger partial charge is 0.264 e. The van der Waals surface area contributed by atoms with Gasteiger partial charge in [-0.25, -0.2) is 4.90 Å². The molecule has 9 heteroatoms. The van der Waals surface area contributed by atoms with Crippen LogP contribution in [0.4, 0.5) is 0 Å². The van der Waals surface area contributed by atoms with E-state index in [-0.39, 0.29) is 31.2 Å². The van der Waals surface area contributed by atoms with Gasteiger partial charge in [0.1, 0.15) is 5.02 Å². The lowest BCUT2D eigenvalue weighted by molar-refractivity contribution is -0.00576. The van der Waals surface area contributed by atoms with Gasteiger partial charge in [-0.2, -0.15) is 4.63 Å². The van der Waals surface area contributed by atoms with Crippen molar-refractivity contribution in [3.05, 3.63) is 35.4 Å². The molecular weight excluding hydrogens is 304 g/mol. The van der Waals surface area contributed by atoms with E-state index in [4.69, 9.17) is 9.47 Å². The lowest BCUT2D eigenvalue weighted by Gasteiger charge is -2.17. The molecule has 1 unspecified atom stereocenters. The van der Waals surface area contributed by atoms with E-state index in [0.717, 1.165) is 29.3 Å². The molecule has 0 spiro atoms. The number of carbonyl (C=O) groups is 2. The molecule has 1 N–H and O–H groups in total. The summed E-state index contributed by atoms with van der Waals surface area (Å²) in [6.07, 6.45) is 1.83. The van der Waals surface area contributed by atoms with E-state index >= 15 is 0 Å². The number of aromatic nitrogens is 2. The molecule has 3 heterocycles. The highest BCUT2D eigenvalue weighted by molar-refractivity contribution is 6.21. The molecule has 122 valence electrons. The average Bonchev–Trinajstić information content (AvgIpc) is 3.10. The number of hydrogen-bond donors (Lipinski definition) is 1. The molecule has 0 radical (unpaired) electrons. The summed E-state index contributed by atoms with van der Waals surface area (Å²) in [6.45, 7) is 0.546. The second-order valence-electron chi connectivity index (χ2n) is 5.56. The summed E-state index contributed by atoms with van der Waals surface area (Å²) in [7, 11) is 0. The number of benzene rings is 1. The summed E-state index contributed by atoms with van der Waals surface area (Å²) in [5.74, 6) is -0.762. The van der Waals surface area contributed by atoms with E-state index < -0.39 is 0 Å². The summed E-state index contributed by atoms with van der Waals surface area (Å²) < 4.78 is 5.15. The molecule has 1 aromatic heterocycles. The lowest BCUT2D eigenvalue weighted by atomic mass is 10.1. The molecule has 2 aliphatic heterocycles. The molecule has 1 atom stereocenters. The van der Waals surface area contributed by atoms with Crippen LogP contribution in [0.25, 0.3) is 0 Å². The Morgan fingerprint density at radius 2 is 1.91 bits per heavy atom. The molecule has 2 aliphatic rings. The van der Waals surface area contributed by atoms with Crippen molar-refractivity contribution in [2.24, 2.45) is 0 Å². The standard InChI is InChI=1S/C14H16N4O5/c19-8-10-4-3-7-16(10)17-18(23-17)22-9-15-13(20)11-5-1-2-6-12(11)14(15)21/h1-2,5-6,10,19H,3-4,7-9H2. The van der Waals surface area contributed by atoms with E-state index in [0.29, 0.717) is 11.1 Å². The SMILES string of the molecule is O=C1c2ccccc2C(=O)N1COn1on1N1CCCC1CO. The Morgan fingerprint density at radius 3 is 2.57 bits per heavy atom. The minimum atomic E-state index is -0.381. The molecule has 2 amide bonds. The third-order valence-electron chi connectivity index (χ3n) is 4.21. The fourth-order valence-corrected chi connectivity index (χ4v) is 2.95. The van der Waals surface area contributed by atoms with Gasteiger partial charge >= 0.3 is 0 Å². The molecule has 0 aliphatic carbocycles. The largest absolute Gasteiger partial charge is 0.394 e. The van der Waals surface area contributed by atoms with Crippen LogP contribution >= 0.6 is 0 Å². The highest BCUT2D eigenvalue weighted by atomic mass is 17.0. The highest BCUT2D eigenvalue weighted by Gasteiger charge is 2.37. The maximum absolute atomic E-state index is 12.2. The molecule has 9 nitrogen and oxygen atoms in total. The molecule has 0 bridgehead atoms. The molecule has 1 saturated heterocycles. The van der Waals surface area contributed by atoms with Crippen LogP contribution in [0.2, 0.25) is 0 Å². The van der Waals surface area contributed by atoms with Gasteiger partial charge in [0.05, 0.1) is 28.7 Å². The van der Waals surface area contributed by atoms with Gasteiger partial charge in [0.2, 0.25) is 6.73 Å². The monoisotopic (exact) mass is 320 g/mol. The number of aliphatic hydroxyl groups excluding tert-OH is 1. The molecule has 1 fully saturated rings. The van der Waals surface area contributed by atoms with E-state index in [1.165, 1.54) is 4.96 Å². The van der Waals surface area contributed by atoms with Gasteiger partial charge in [-0.15, -0.1) is 0 Å². The zero-order valence-electron chi connectivity index (χ0n) is 12.3. The van der Waals surface area contributed by atoms with Crippen molar-refractivity contribution in [2.75, 3.05) is 24.9 Å². The first kappa shape index (κ1) is 13.9. The van der Waals surface area contributed by atoms with Gasteiger partial charge in [0.25, 0.3) is 11.8 Å². The van der Waals surface area contributed by atoms with E-state index in [2.05, 4.69) is 0 Å². The Balaban J connectivity index is 1.40. The molecule has 23 heavy (non-hydrogen) atoms. The first-order valence-corrected chi connectivity index (χ1v) is 7.44. The van der Waals surface area contributed by atoms with Crippen LogP contribution in [0.1, 0.15) is 33.6 Å². The summed E-state index contributed by atoms with van der Waals surface area (Å²) in [5.41, 5.74) is 0.758. The minimum Gasteiger partial charge on any atom is -0.394 e. The number of aliphatic hydroxyl groups is 1. The fraction of sp³-hybridized carbons (Fsp3) is 0.429. The summed E-state index contributed by atoms with van der Waals surface area (Å²) >= 11 is 0. The zero-order valence-corrected chi connectivity index (χ0v) is 12.3. The second-order valence-corrected chi connectivity index (χ2v) is 5.56. The third-order valence-corrected chi connectivity index (χ3v) is 4.21. The topological polar surface area (TPSA) is 93.1 Å². The van der Waals surface area contributed by atoms with Gasteiger partial charge in [-0.05, 0) is 25.0 Å². The lowest BCUT2D eigenvalue weighted by Crippen LogP contribution is -2.41. The number of rotatable bonds is 5. The van der Waals surface area contributed by atoms with Crippen LogP contribution in [0.5, 0.6) is 0 Å². The first-order chi connectivity index (χ1) is 11.2. The third kappa shape index (κ3) is 2.20. The second kappa shape index (κ2) is 5.20. The van der Waals surface area contributed by atoms with Crippen molar-refractivity contribution in [1.82, 2.24) is 14.9 Å². The Kier molecular flexibility index (Phi) is 3.15. The first-order valence-electron chi connectivity index (χ1n) is 7.44. The Labute approximate surface area is 131 Å². The normalized spacial score (nSPS) is 20.7. The van der Waals surface area contributed by atoms with Gasteiger partial charge in [-0.1, -0.05) is 12.1 Å². The molecule has 4 rings (SSSR count). The van der Waals surface area contributed by atoms with Crippen molar-refractivity contribution >= 4 is 11.8 Å². The predicted octanol–water partition coefficient (Wildman–Crippen LogP) is -0.342. The van der Waals surface area contributed by atoms with Crippen molar-refractivity contribution in [3.8, 4) is 0 Å². The molecule has 0 saturated carbocycles. The molecule has 2 aromatic rings. The van der Waals surface area contributed by atoms with Crippen molar-refractivity contribution in [1.29, 1.82) is 0 Å². The van der Waals surface area contributed by atoms with Crippen LogP contribution in [-0.4, -0.2) is 57.7 Å². The molecular formula is C14H16N4O5. The number of hydrogen-bond acceptors (Lipinski definition) is 6. The Bertz CT molecular complexity index is 710. The average molecular weight is 320 g/mol. The van der Waals surface area contributed by atoms with Crippen molar-refractivity contribution in [3.63, 3.8) is 0 Å². The Morgan fingerprint density at radius 1 is 1.22 bits per heavy atom. The summed E-state index contributed by atoms with van der Waals surface area (Å²) in [4.78, 5) is 32.1.